The smallest absolute Gasteiger partial charge is 0.255 e. The van der Waals surface area contributed by atoms with E-state index in [1.54, 1.807) is 7.11 Å². The van der Waals surface area contributed by atoms with Crippen LogP contribution in [0.2, 0.25) is 0 Å². The third-order valence-electron chi connectivity index (χ3n) is 7.27. The summed E-state index contributed by atoms with van der Waals surface area (Å²) in [6.45, 7) is 6.19. The Morgan fingerprint density at radius 3 is 2.05 bits per heavy atom. The molecule has 6 nitrogen and oxygen atoms in total. The summed E-state index contributed by atoms with van der Waals surface area (Å²) in [6.07, 6.45) is 0.387. The maximum Gasteiger partial charge on any atom is 0.255 e. The van der Waals surface area contributed by atoms with Crippen LogP contribution < -0.4 is 4.74 Å². The Kier molecular flexibility index (Phi) is 7.31. The van der Waals surface area contributed by atoms with Gasteiger partial charge in [-0.1, -0.05) is 48.0 Å². The number of rotatable bonds is 6. The van der Waals surface area contributed by atoms with Crippen molar-refractivity contribution in [3.63, 3.8) is 0 Å². The summed E-state index contributed by atoms with van der Waals surface area (Å²) in [6, 6.07) is 28.0. The SMILES string of the molecule is COc1ccc(-c2cc(C(=O)N3CCN(C(=O)Cc4ccccc4)CC3)c(C)n2-c2ccc(C)cc2)cc1. The van der Waals surface area contributed by atoms with Crippen LogP contribution in [0, 0.1) is 13.8 Å². The molecule has 0 bridgehead atoms. The lowest BCUT2D eigenvalue weighted by Gasteiger charge is -2.35. The molecule has 0 radical (unpaired) electrons. The van der Waals surface area contributed by atoms with Gasteiger partial charge < -0.3 is 19.1 Å². The lowest BCUT2D eigenvalue weighted by molar-refractivity contribution is -0.131. The van der Waals surface area contributed by atoms with Crippen molar-refractivity contribution in [2.75, 3.05) is 33.3 Å². The molecule has 1 aromatic heterocycles. The maximum atomic E-state index is 13.8. The van der Waals surface area contributed by atoms with Crippen LogP contribution in [0.15, 0.2) is 84.9 Å². The summed E-state index contributed by atoms with van der Waals surface area (Å²) in [7, 11) is 1.65. The standard InChI is InChI=1S/C32H33N3O3/c1-23-9-13-27(14-10-23)35-24(2)29(22-30(35)26-11-15-28(38-3)16-12-26)32(37)34-19-17-33(18-20-34)31(36)21-25-7-5-4-6-8-25/h4-16,22H,17-21H2,1-3H3. The lowest BCUT2D eigenvalue weighted by Crippen LogP contribution is -2.51. The number of aromatic nitrogens is 1. The molecular formula is C32H33N3O3. The van der Waals surface area contributed by atoms with E-state index < -0.39 is 0 Å². The Bertz CT molecular complexity index is 1420. The van der Waals surface area contributed by atoms with E-state index in [2.05, 4.69) is 35.8 Å². The number of nitrogens with zero attached hydrogens (tertiary/aromatic N) is 3. The summed E-state index contributed by atoms with van der Waals surface area (Å²) >= 11 is 0. The van der Waals surface area contributed by atoms with Gasteiger partial charge in [0, 0.05) is 37.6 Å². The zero-order chi connectivity index (χ0) is 26.6. The van der Waals surface area contributed by atoms with Crippen molar-refractivity contribution >= 4 is 11.8 Å². The first kappa shape index (κ1) is 25.3. The third kappa shape index (κ3) is 5.21. The van der Waals surface area contributed by atoms with Crippen LogP contribution in [0.5, 0.6) is 5.75 Å². The molecule has 1 aliphatic heterocycles. The van der Waals surface area contributed by atoms with Gasteiger partial charge in [-0.15, -0.1) is 0 Å². The number of amides is 2. The summed E-state index contributed by atoms with van der Waals surface area (Å²) in [5.41, 5.74) is 6.73. The molecule has 6 heteroatoms. The second-order valence-corrected chi connectivity index (χ2v) is 9.76. The molecular weight excluding hydrogens is 474 g/mol. The highest BCUT2D eigenvalue weighted by atomic mass is 16.5. The topological polar surface area (TPSA) is 54.8 Å². The van der Waals surface area contributed by atoms with Gasteiger partial charge in [0.15, 0.2) is 0 Å². The molecule has 1 aliphatic rings. The third-order valence-corrected chi connectivity index (χ3v) is 7.27. The number of piperazine rings is 1. The minimum absolute atomic E-state index is 0.00159. The van der Waals surface area contributed by atoms with Gasteiger partial charge in [-0.25, -0.2) is 0 Å². The normalized spacial score (nSPS) is 13.4. The Labute approximate surface area is 224 Å². The Morgan fingerprint density at radius 2 is 1.42 bits per heavy atom. The van der Waals surface area contributed by atoms with Crippen molar-refractivity contribution in [3.05, 3.63) is 107 Å². The number of methoxy groups -OCH3 is 1. The number of ether oxygens (including phenoxy) is 1. The van der Waals surface area contributed by atoms with E-state index >= 15 is 0 Å². The molecule has 1 fully saturated rings. The largest absolute Gasteiger partial charge is 0.497 e. The van der Waals surface area contributed by atoms with E-state index in [0.29, 0.717) is 38.2 Å². The molecule has 3 aromatic carbocycles. The van der Waals surface area contributed by atoms with Gasteiger partial charge in [0.2, 0.25) is 5.91 Å². The van der Waals surface area contributed by atoms with Crippen LogP contribution in [-0.2, 0) is 11.2 Å². The van der Waals surface area contributed by atoms with Gasteiger partial charge in [0.05, 0.1) is 24.8 Å². The molecule has 0 unspecified atom stereocenters. The van der Waals surface area contributed by atoms with Crippen molar-refractivity contribution < 1.29 is 14.3 Å². The van der Waals surface area contributed by atoms with Crippen LogP contribution in [-0.4, -0.2) is 59.5 Å². The molecule has 5 rings (SSSR count). The Morgan fingerprint density at radius 1 is 0.789 bits per heavy atom. The average Bonchev–Trinajstić information content (AvgIpc) is 3.30. The van der Waals surface area contributed by atoms with Crippen molar-refractivity contribution in [1.82, 2.24) is 14.4 Å². The molecule has 1 saturated heterocycles. The first-order chi connectivity index (χ1) is 18.4. The highest BCUT2D eigenvalue weighted by Crippen LogP contribution is 2.31. The van der Waals surface area contributed by atoms with Crippen LogP contribution in [0.1, 0.15) is 27.2 Å². The fourth-order valence-corrected chi connectivity index (χ4v) is 5.04. The number of benzene rings is 3. The van der Waals surface area contributed by atoms with Gasteiger partial charge in [-0.05, 0) is 67.4 Å². The van der Waals surface area contributed by atoms with Gasteiger partial charge in [0.1, 0.15) is 5.75 Å². The molecule has 194 valence electrons. The molecule has 0 aliphatic carbocycles. The van der Waals surface area contributed by atoms with Crippen molar-refractivity contribution in [3.8, 4) is 22.7 Å². The van der Waals surface area contributed by atoms with Crippen LogP contribution in [0.25, 0.3) is 16.9 Å². The highest BCUT2D eigenvalue weighted by Gasteiger charge is 2.28. The minimum atomic E-state index is -0.00159. The predicted octanol–water partition coefficient (Wildman–Crippen LogP) is 5.30. The molecule has 0 N–H and O–H groups in total. The summed E-state index contributed by atoms with van der Waals surface area (Å²) in [5, 5.41) is 0. The quantitative estimate of drug-likeness (QED) is 0.356. The molecule has 0 atom stereocenters. The molecule has 0 spiro atoms. The predicted molar refractivity (Wildman–Crippen MR) is 150 cm³/mol. The number of hydrogen-bond acceptors (Lipinski definition) is 3. The van der Waals surface area contributed by atoms with Crippen LogP contribution in [0.4, 0.5) is 0 Å². The van der Waals surface area contributed by atoms with Crippen molar-refractivity contribution in [2.24, 2.45) is 0 Å². The highest BCUT2D eigenvalue weighted by molar-refractivity contribution is 5.97. The van der Waals surface area contributed by atoms with Gasteiger partial charge in [0.25, 0.3) is 5.91 Å². The van der Waals surface area contributed by atoms with E-state index in [0.717, 1.165) is 34.0 Å². The number of hydrogen-bond donors (Lipinski definition) is 0. The first-order valence-corrected chi connectivity index (χ1v) is 13.0. The van der Waals surface area contributed by atoms with Gasteiger partial charge in [-0.3, -0.25) is 9.59 Å². The summed E-state index contributed by atoms with van der Waals surface area (Å²) < 4.78 is 7.49. The van der Waals surface area contributed by atoms with E-state index in [9.17, 15) is 9.59 Å². The van der Waals surface area contributed by atoms with E-state index in [1.807, 2.05) is 77.4 Å². The van der Waals surface area contributed by atoms with E-state index in [4.69, 9.17) is 4.74 Å². The van der Waals surface area contributed by atoms with E-state index in [-0.39, 0.29) is 11.8 Å². The van der Waals surface area contributed by atoms with Gasteiger partial charge >= 0.3 is 0 Å². The zero-order valence-electron chi connectivity index (χ0n) is 22.2. The first-order valence-electron chi connectivity index (χ1n) is 13.0. The lowest BCUT2D eigenvalue weighted by atomic mass is 10.1. The number of carbonyl (C=O) groups is 2. The Hall–Kier alpha value is -4.32. The molecule has 38 heavy (non-hydrogen) atoms. The number of carbonyl (C=O) groups excluding carboxylic acids is 2. The summed E-state index contributed by atoms with van der Waals surface area (Å²) in [4.78, 5) is 30.3. The van der Waals surface area contributed by atoms with Crippen LogP contribution in [0.3, 0.4) is 0 Å². The fraction of sp³-hybridized carbons (Fsp3) is 0.250. The van der Waals surface area contributed by atoms with Crippen molar-refractivity contribution in [1.29, 1.82) is 0 Å². The number of aryl methyl sites for hydroxylation is 1. The molecule has 2 amide bonds. The van der Waals surface area contributed by atoms with Gasteiger partial charge in [-0.2, -0.15) is 0 Å². The molecule has 0 saturated carbocycles. The van der Waals surface area contributed by atoms with E-state index in [1.165, 1.54) is 5.56 Å². The Balaban J connectivity index is 1.38. The molecule has 2 heterocycles. The van der Waals surface area contributed by atoms with Crippen molar-refractivity contribution in [2.45, 2.75) is 20.3 Å². The second-order valence-electron chi connectivity index (χ2n) is 9.76. The fourth-order valence-electron chi connectivity index (χ4n) is 5.04. The monoisotopic (exact) mass is 507 g/mol. The second kappa shape index (κ2) is 11.0. The molecule has 4 aromatic rings. The minimum Gasteiger partial charge on any atom is -0.497 e. The average molecular weight is 508 g/mol. The van der Waals surface area contributed by atoms with Crippen LogP contribution >= 0.6 is 0 Å². The summed E-state index contributed by atoms with van der Waals surface area (Å²) in [5.74, 6) is 0.889. The zero-order valence-corrected chi connectivity index (χ0v) is 22.2. The maximum absolute atomic E-state index is 13.8.